The molecule has 0 spiro atoms. The molecule has 0 radical (unpaired) electrons. The van der Waals surface area contributed by atoms with Gasteiger partial charge in [-0.2, -0.15) is 0 Å². The van der Waals surface area contributed by atoms with Crippen molar-refractivity contribution in [3.8, 4) is 0 Å². The Hall–Kier alpha value is -1.83. The Morgan fingerprint density at radius 3 is 2.67 bits per heavy atom. The van der Waals surface area contributed by atoms with Crippen LogP contribution in [0.3, 0.4) is 0 Å². The molecule has 1 atom stereocenters. The first-order chi connectivity index (χ1) is 10.1. The van der Waals surface area contributed by atoms with Crippen LogP contribution in [0.15, 0.2) is 10.2 Å². The maximum Gasteiger partial charge on any atom is 0.326 e. The number of hydrogen-bond donors (Lipinski definition) is 4. The third-order valence-corrected chi connectivity index (χ3v) is 4.40. The van der Waals surface area contributed by atoms with Crippen LogP contribution in [-0.2, 0) is 11.3 Å². The largest absolute Gasteiger partial charge is 0.480 e. The number of carboxylic acids is 1. The average molecular weight is 313 g/mol. The SMILES string of the molecule is O=C(NCc1csc(=O)[nH]1)NC(C(=O)O)C1CCCCC1. The number of urea groups is 1. The second kappa shape index (κ2) is 7.26. The summed E-state index contributed by atoms with van der Waals surface area (Å²) in [5.41, 5.74) is 0.602. The summed E-state index contributed by atoms with van der Waals surface area (Å²) in [4.78, 5) is 36.5. The molecule has 1 aliphatic rings. The van der Waals surface area contributed by atoms with E-state index >= 15 is 0 Å². The van der Waals surface area contributed by atoms with Crippen molar-refractivity contribution < 1.29 is 14.7 Å². The molecule has 8 heteroatoms. The van der Waals surface area contributed by atoms with E-state index in [9.17, 15) is 19.5 Å². The summed E-state index contributed by atoms with van der Waals surface area (Å²) < 4.78 is 0. The smallest absolute Gasteiger partial charge is 0.326 e. The van der Waals surface area contributed by atoms with Gasteiger partial charge in [0.1, 0.15) is 6.04 Å². The van der Waals surface area contributed by atoms with Gasteiger partial charge in [-0.1, -0.05) is 30.6 Å². The number of thiazole rings is 1. The monoisotopic (exact) mass is 313 g/mol. The molecular weight excluding hydrogens is 294 g/mol. The van der Waals surface area contributed by atoms with Gasteiger partial charge in [0, 0.05) is 11.1 Å². The fourth-order valence-electron chi connectivity index (χ4n) is 2.62. The first-order valence-corrected chi connectivity index (χ1v) is 7.88. The van der Waals surface area contributed by atoms with Gasteiger partial charge >= 0.3 is 16.9 Å². The number of carbonyl (C=O) groups is 2. The molecule has 21 heavy (non-hydrogen) atoms. The van der Waals surface area contributed by atoms with Crippen molar-refractivity contribution in [2.75, 3.05) is 0 Å². The van der Waals surface area contributed by atoms with Crippen LogP contribution in [0.25, 0.3) is 0 Å². The van der Waals surface area contributed by atoms with E-state index in [1.807, 2.05) is 0 Å². The molecule has 1 aromatic rings. The van der Waals surface area contributed by atoms with Crippen molar-refractivity contribution in [3.05, 3.63) is 20.7 Å². The number of amides is 2. The minimum Gasteiger partial charge on any atom is -0.480 e. The predicted molar refractivity (Wildman–Crippen MR) is 78.3 cm³/mol. The average Bonchev–Trinajstić information content (AvgIpc) is 2.89. The van der Waals surface area contributed by atoms with Crippen LogP contribution in [0.5, 0.6) is 0 Å². The van der Waals surface area contributed by atoms with Crippen LogP contribution in [0.2, 0.25) is 0 Å². The molecule has 1 saturated carbocycles. The molecule has 4 N–H and O–H groups in total. The lowest BCUT2D eigenvalue weighted by molar-refractivity contribution is -0.141. The first-order valence-electron chi connectivity index (χ1n) is 7.00. The van der Waals surface area contributed by atoms with Crippen molar-refractivity contribution in [2.45, 2.75) is 44.7 Å². The van der Waals surface area contributed by atoms with Gasteiger partial charge in [-0.15, -0.1) is 0 Å². The van der Waals surface area contributed by atoms with Crippen molar-refractivity contribution in [1.29, 1.82) is 0 Å². The lowest BCUT2D eigenvalue weighted by Crippen LogP contribution is -2.50. The van der Waals surface area contributed by atoms with Crippen molar-refractivity contribution in [1.82, 2.24) is 15.6 Å². The van der Waals surface area contributed by atoms with E-state index in [2.05, 4.69) is 15.6 Å². The van der Waals surface area contributed by atoms with E-state index < -0.39 is 18.0 Å². The zero-order chi connectivity index (χ0) is 15.2. The zero-order valence-corrected chi connectivity index (χ0v) is 12.4. The van der Waals surface area contributed by atoms with Crippen molar-refractivity contribution in [2.24, 2.45) is 5.92 Å². The standard InChI is InChI=1S/C13H19N3O4S/c17-11(18)10(8-4-2-1-3-5-8)16-12(19)14-6-9-7-21-13(20)15-9/h7-8,10H,1-6H2,(H,15,20)(H,17,18)(H2,14,16,19). The molecule has 1 heterocycles. The number of aromatic amines is 1. The Balaban J connectivity index is 1.85. The highest BCUT2D eigenvalue weighted by Crippen LogP contribution is 2.26. The number of rotatable bonds is 5. The fraction of sp³-hybridized carbons (Fsp3) is 0.615. The summed E-state index contributed by atoms with van der Waals surface area (Å²) in [6, 6.07) is -1.38. The first kappa shape index (κ1) is 15.6. The Labute approximate surface area is 125 Å². The quantitative estimate of drug-likeness (QED) is 0.656. The van der Waals surface area contributed by atoms with Crippen molar-refractivity contribution >= 4 is 23.3 Å². The summed E-state index contributed by atoms with van der Waals surface area (Å²) in [6.07, 6.45) is 4.80. The molecule has 116 valence electrons. The van der Waals surface area contributed by atoms with Crippen LogP contribution < -0.4 is 15.5 Å². The maximum atomic E-state index is 11.8. The van der Waals surface area contributed by atoms with Crippen LogP contribution in [0.1, 0.15) is 37.8 Å². The molecule has 0 saturated heterocycles. The van der Waals surface area contributed by atoms with E-state index in [4.69, 9.17) is 0 Å². The number of hydrogen-bond acceptors (Lipinski definition) is 4. The van der Waals surface area contributed by atoms with E-state index in [0.29, 0.717) is 5.69 Å². The molecule has 1 aliphatic carbocycles. The third kappa shape index (κ3) is 4.59. The summed E-state index contributed by atoms with van der Waals surface area (Å²) in [5, 5.41) is 16.0. The minimum absolute atomic E-state index is 0.0112. The van der Waals surface area contributed by atoms with Gasteiger partial charge in [0.15, 0.2) is 0 Å². The van der Waals surface area contributed by atoms with E-state index in [0.717, 1.165) is 43.4 Å². The van der Waals surface area contributed by atoms with E-state index in [1.165, 1.54) is 0 Å². The van der Waals surface area contributed by atoms with Gasteiger partial charge < -0.3 is 20.7 Å². The number of aliphatic carboxylic acids is 1. The van der Waals surface area contributed by atoms with Gasteiger partial charge in [-0.3, -0.25) is 4.79 Å². The van der Waals surface area contributed by atoms with Gasteiger partial charge in [-0.25, -0.2) is 9.59 Å². The Morgan fingerprint density at radius 1 is 1.38 bits per heavy atom. The second-order valence-corrected chi connectivity index (χ2v) is 6.06. The highest BCUT2D eigenvalue weighted by molar-refractivity contribution is 7.07. The molecule has 0 aromatic carbocycles. The predicted octanol–water partition coefficient (Wildman–Crippen LogP) is 1.27. The number of carboxylic acid groups (broad SMARTS) is 1. The number of nitrogens with one attached hydrogen (secondary N) is 3. The summed E-state index contributed by atoms with van der Waals surface area (Å²) in [7, 11) is 0. The lowest BCUT2D eigenvalue weighted by Gasteiger charge is -2.28. The number of aromatic nitrogens is 1. The van der Waals surface area contributed by atoms with Gasteiger partial charge in [0.25, 0.3) is 0 Å². The molecule has 0 aliphatic heterocycles. The Kier molecular flexibility index (Phi) is 5.38. The molecule has 2 rings (SSSR count). The number of carbonyl (C=O) groups excluding carboxylic acids is 1. The summed E-state index contributed by atoms with van der Waals surface area (Å²) in [5.74, 6) is -1.01. The maximum absolute atomic E-state index is 11.8. The van der Waals surface area contributed by atoms with E-state index in [-0.39, 0.29) is 17.3 Å². The number of H-pyrrole nitrogens is 1. The summed E-state index contributed by atoms with van der Waals surface area (Å²) in [6.45, 7) is 0.168. The molecule has 2 amide bonds. The van der Waals surface area contributed by atoms with Gasteiger partial charge in [-0.05, 0) is 18.8 Å². The Morgan fingerprint density at radius 2 is 2.10 bits per heavy atom. The minimum atomic E-state index is -0.999. The highest BCUT2D eigenvalue weighted by atomic mass is 32.1. The van der Waals surface area contributed by atoms with Crippen LogP contribution in [0, 0.1) is 5.92 Å². The van der Waals surface area contributed by atoms with Crippen LogP contribution in [0.4, 0.5) is 4.79 Å². The molecule has 1 aromatic heterocycles. The molecule has 0 bridgehead atoms. The van der Waals surface area contributed by atoms with Crippen molar-refractivity contribution in [3.63, 3.8) is 0 Å². The Bertz CT molecular complexity index is 548. The second-order valence-electron chi connectivity index (χ2n) is 5.21. The normalized spacial score (nSPS) is 17.1. The third-order valence-electron chi connectivity index (χ3n) is 3.68. The fourth-order valence-corrected chi connectivity index (χ4v) is 3.20. The highest BCUT2D eigenvalue weighted by Gasteiger charge is 2.30. The molecular formula is C13H19N3O4S. The summed E-state index contributed by atoms with van der Waals surface area (Å²) >= 11 is 1.02. The topological polar surface area (TPSA) is 111 Å². The molecule has 7 nitrogen and oxygen atoms in total. The molecule has 1 fully saturated rings. The zero-order valence-electron chi connectivity index (χ0n) is 11.6. The van der Waals surface area contributed by atoms with Gasteiger partial charge in [0.05, 0.1) is 6.54 Å². The lowest BCUT2D eigenvalue weighted by atomic mass is 9.84. The van der Waals surface area contributed by atoms with Crippen LogP contribution >= 0.6 is 11.3 Å². The van der Waals surface area contributed by atoms with Gasteiger partial charge in [0.2, 0.25) is 0 Å². The molecule has 1 unspecified atom stereocenters. The van der Waals surface area contributed by atoms with E-state index in [1.54, 1.807) is 5.38 Å². The van der Waals surface area contributed by atoms with Crippen LogP contribution in [-0.4, -0.2) is 28.1 Å².